The summed E-state index contributed by atoms with van der Waals surface area (Å²) >= 11 is 2.12. The summed E-state index contributed by atoms with van der Waals surface area (Å²) in [5.41, 5.74) is 8.89. The third kappa shape index (κ3) is 5.38. The van der Waals surface area contributed by atoms with Gasteiger partial charge in [0.2, 0.25) is 0 Å². The first kappa shape index (κ1) is 15.5. The second kappa shape index (κ2) is 8.51. The summed E-state index contributed by atoms with van der Waals surface area (Å²) in [4.78, 5) is 0. The van der Waals surface area contributed by atoms with Crippen LogP contribution in [0.4, 0.5) is 5.69 Å². The molecule has 0 saturated heterocycles. The summed E-state index contributed by atoms with van der Waals surface area (Å²) in [5, 5.41) is 2.85. The van der Waals surface area contributed by atoms with E-state index in [0.29, 0.717) is 25.5 Å². The molecule has 0 radical (unpaired) electrons. The standard InChI is InChI=1S/C13H16INO2S/c1-10-8-12(15)13(9-11(10)2)17-6-5-16-4-3-7-18-14/h8-9H,4-6,15H2,1-2H3. The van der Waals surface area contributed by atoms with Crippen molar-refractivity contribution in [3.8, 4) is 16.9 Å². The number of anilines is 1. The van der Waals surface area contributed by atoms with E-state index in [4.69, 9.17) is 15.2 Å². The van der Waals surface area contributed by atoms with Crippen molar-refractivity contribution in [1.29, 1.82) is 0 Å². The lowest BCUT2D eigenvalue weighted by Crippen LogP contribution is -2.08. The molecular weight excluding hydrogens is 361 g/mol. The zero-order valence-corrected chi connectivity index (χ0v) is 13.4. The van der Waals surface area contributed by atoms with E-state index < -0.39 is 0 Å². The van der Waals surface area contributed by atoms with Crippen molar-refractivity contribution in [2.45, 2.75) is 13.8 Å². The van der Waals surface area contributed by atoms with Crippen molar-refractivity contribution in [3.05, 3.63) is 23.3 Å². The Bertz CT molecular complexity index is 454. The van der Waals surface area contributed by atoms with Crippen LogP contribution in [0.15, 0.2) is 12.1 Å². The van der Waals surface area contributed by atoms with Crippen LogP contribution in [0.5, 0.6) is 5.75 Å². The Morgan fingerprint density at radius 2 is 2.00 bits per heavy atom. The molecule has 0 aliphatic carbocycles. The fraction of sp³-hybridized carbons (Fsp3) is 0.385. The predicted molar refractivity (Wildman–Crippen MR) is 86.0 cm³/mol. The summed E-state index contributed by atoms with van der Waals surface area (Å²) in [5.74, 6) is 3.58. The molecule has 2 N–H and O–H groups in total. The van der Waals surface area contributed by atoms with E-state index in [1.807, 2.05) is 26.0 Å². The van der Waals surface area contributed by atoms with E-state index in [0.717, 1.165) is 5.75 Å². The molecule has 0 aliphatic rings. The number of nitrogen functional groups attached to an aromatic ring is 1. The van der Waals surface area contributed by atoms with Crippen LogP contribution in [-0.2, 0) is 4.74 Å². The Hall–Kier alpha value is -0.580. The van der Waals surface area contributed by atoms with Crippen LogP contribution in [0.3, 0.4) is 0 Å². The van der Waals surface area contributed by atoms with Crippen molar-refractivity contribution in [2.75, 3.05) is 25.6 Å². The van der Waals surface area contributed by atoms with Gasteiger partial charge in [-0.15, -0.1) is 0 Å². The number of hydrogen-bond acceptors (Lipinski definition) is 4. The molecule has 0 heterocycles. The van der Waals surface area contributed by atoms with Gasteiger partial charge in [-0.05, 0) is 51.3 Å². The van der Waals surface area contributed by atoms with Crippen LogP contribution in [0.25, 0.3) is 0 Å². The highest BCUT2D eigenvalue weighted by atomic mass is 127. The normalized spacial score (nSPS) is 9.72. The largest absolute Gasteiger partial charge is 0.489 e. The topological polar surface area (TPSA) is 44.5 Å². The third-order valence-corrected chi connectivity index (χ3v) is 3.28. The highest BCUT2D eigenvalue weighted by Gasteiger charge is 2.03. The molecule has 18 heavy (non-hydrogen) atoms. The van der Waals surface area contributed by atoms with Gasteiger partial charge < -0.3 is 15.2 Å². The first-order valence-electron chi connectivity index (χ1n) is 5.48. The molecule has 0 unspecified atom stereocenters. The average molecular weight is 377 g/mol. The Morgan fingerprint density at radius 3 is 2.72 bits per heavy atom. The predicted octanol–water partition coefficient (Wildman–Crippen LogP) is 3.33. The first-order chi connectivity index (χ1) is 8.65. The maximum atomic E-state index is 5.88. The molecule has 98 valence electrons. The molecule has 0 aromatic heterocycles. The lowest BCUT2D eigenvalue weighted by atomic mass is 10.1. The Balaban J connectivity index is 2.33. The number of benzene rings is 1. The van der Waals surface area contributed by atoms with Crippen molar-refractivity contribution >= 4 is 35.8 Å². The molecule has 0 fully saturated rings. The number of nitrogens with two attached hydrogens (primary N) is 1. The van der Waals surface area contributed by atoms with Crippen LogP contribution in [0, 0.1) is 25.0 Å². The van der Waals surface area contributed by atoms with Gasteiger partial charge in [-0.25, -0.2) is 0 Å². The van der Waals surface area contributed by atoms with Gasteiger partial charge in [0, 0.05) is 21.2 Å². The summed E-state index contributed by atoms with van der Waals surface area (Å²) in [6.45, 7) is 5.48. The zero-order chi connectivity index (χ0) is 13.4. The Kier molecular flexibility index (Phi) is 7.32. The first-order valence-corrected chi connectivity index (χ1v) is 8.83. The van der Waals surface area contributed by atoms with Crippen molar-refractivity contribution in [1.82, 2.24) is 0 Å². The van der Waals surface area contributed by atoms with Crippen LogP contribution in [-0.4, -0.2) is 19.8 Å². The molecular formula is C13H16INO2S. The third-order valence-electron chi connectivity index (χ3n) is 2.40. The van der Waals surface area contributed by atoms with Gasteiger partial charge in [-0.2, -0.15) is 0 Å². The second-order valence-electron chi connectivity index (χ2n) is 3.73. The van der Waals surface area contributed by atoms with Gasteiger partial charge in [-0.1, -0.05) is 5.92 Å². The molecule has 0 spiro atoms. The fourth-order valence-electron chi connectivity index (χ4n) is 1.33. The van der Waals surface area contributed by atoms with E-state index in [1.165, 1.54) is 20.1 Å². The molecule has 1 rings (SSSR count). The number of halogens is 1. The van der Waals surface area contributed by atoms with E-state index in [2.05, 4.69) is 32.4 Å². The molecule has 1 aromatic rings. The van der Waals surface area contributed by atoms with Crippen LogP contribution >= 0.6 is 30.1 Å². The van der Waals surface area contributed by atoms with Crippen molar-refractivity contribution in [2.24, 2.45) is 0 Å². The number of ether oxygens (including phenoxy) is 2. The van der Waals surface area contributed by atoms with Gasteiger partial charge >= 0.3 is 0 Å². The van der Waals surface area contributed by atoms with Gasteiger partial charge in [0.15, 0.2) is 0 Å². The van der Waals surface area contributed by atoms with E-state index in [1.54, 1.807) is 0 Å². The summed E-state index contributed by atoms with van der Waals surface area (Å²) in [7, 11) is 1.45. The Labute approximate surface area is 124 Å². The van der Waals surface area contributed by atoms with Gasteiger partial charge in [0.05, 0.1) is 12.3 Å². The fourth-order valence-corrected chi connectivity index (χ4v) is 1.91. The summed E-state index contributed by atoms with van der Waals surface area (Å²) < 4.78 is 10.9. The number of aryl methyl sites for hydroxylation is 2. The van der Waals surface area contributed by atoms with Crippen LogP contribution in [0.1, 0.15) is 11.1 Å². The lowest BCUT2D eigenvalue weighted by molar-refractivity contribution is 0.125. The highest BCUT2D eigenvalue weighted by Crippen LogP contribution is 2.25. The monoisotopic (exact) mass is 377 g/mol. The SMILES string of the molecule is Cc1cc(N)c(OCCOCC#CSI)cc1C. The minimum atomic E-state index is 0.432. The molecule has 0 saturated carbocycles. The van der Waals surface area contributed by atoms with Gasteiger partial charge in [0.25, 0.3) is 0 Å². The summed E-state index contributed by atoms with van der Waals surface area (Å²) in [6.07, 6.45) is 0. The van der Waals surface area contributed by atoms with Gasteiger partial charge in [0.1, 0.15) is 19.0 Å². The van der Waals surface area contributed by atoms with Crippen molar-refractivity contribution < 1.29 is 9.47 Å². The average Bonchev–Trinajstić information content (AvgIpc) is 2.34. The molecule has 3 nitrogen and oxygen atoms in total. The number of hydrogen-bond donors (Lipinski definition) is 1. The smallest absolute Gasteiger partial charge is 0.142 e. The van der Waals surface area contributed by atoms with E-state index in [-0.39, 0.29) is 0 Å². The maximum absolute atomic E-state index is 5.88. The van der Waals surface area contributed by atoms with Crippen molar-refractivity contribution in [3.63, 3.8) is 0 Å². The highest BCUT2D eigenvalue weighted by molar-refractivity contribution is 14.2. The van der Waals surface area contributed by atoms with Gasteiger partial charge in [-0.3, -0.25) is 0 Å². The molecule has 5 heteroatoms. The van der Waals surface area contributed by atoms with Crippen LogP contribution in [0.2, 0.25) is 0 Å². The second-order valence-corrected chi connectivity index (χ2v) is 5.41. The zero-order valence-electron chi connectivity index (χ0n) is 10.5. The quantitative estimate of drug-likeness (QED) is 0.370. The molecule has 0 aliphatic heterocycles. The van der Waals surface area contributed by atoms with Crippen LogP contribution < -0.4 is 10.5 Å². The lowest BCUT2D eigenvalue weighted by Gasteiger charge is -2.11. The molecule has 0 atom stereocenters. The molecule has 1 aromatic carbocycles. The maximum Gasteiger partial charge on any atom is 0.142 e. The molecule has 0 bridgehead atoms. The number of rotatable bonds is 5. The van der Waals surface area contributed by atoms with E-state index in [9.17, 15) is 0 Å². The minimum absolute atomic E-state index is 0.432. The Morgan fingerprint density at radius 1 is 1.28 bits per heavy atom. The molecule has 0 amide bonds. The summed E-state index contributed by atoms with van der Waals surface area (Å²) in [6, 6.07) is 3.88. The minimum Gasteiger partial charge on any atom is -0.489 e. The van der Waals surface area contributed by atoms with E-state index >= 15 is 0 Å².